The van der Waals surface area contributed by atoms with Gasteiger partial charge in [0.05, 0.1) is 0 Å². The zero-order valence-electron chi connectivity index (χ0n) is 17.3. The number of benzene rings is 1. The zero-order valence-corrected chi connectivity index (χ0v) is 17.3. The average Bonchev–Trinajstić information content (AvgIpc) is 3.31. The molecule has 154 valence electrons. The van der Waals surface area contributed by atoms with Crippen molar-refractivity contribution < 1.29 is 19.1 Å². The third-order valence-corrected chi connectivity index (χ3v) is 6.32. The molecule has 6 nitrogen and oxygen atoms in total. The van der Waals surface area contributed by atoms with Crippen LogP contribution in [-0.2, 0) is 5.41 Å². The van der Waals surface area contributed by atoms with Crippen molar-refractivity contribution in [3.8, 4) is 11.5 Å². The van der Waals surface area contributed by atoms with Crippen LogP contribution in [0, 0.1) is 13.8 Å². The number of hydrogen-bond donors (Lipinski definition) is 2. The molecule has 1 aromatic carbocycles. The van der Waals surface area contributed by atoms with Gasteiger partial charge in [-0.3, -0.25) is 9.59 Å². The molecule has 2 N–H and O–H groups in total. The summed E-state index contributed by atoms with van der Waals surface area (Å²) in [6, 6.07) is 6.15. The van der Waals surface area contributed by atoms with E-state index < -0.39 is 0 Å². The number of rotatable bonds is 5. The van der Waals surface area contributed by atoms with Crippen molar-refractivity contribution in [1.29, 1.82) is 0 Å². The van der Waals surface area contributed by atoms with Gasteiger partial charge in [0.25, 0.3) is 5.91 Å². The molecule has 1 fully saturated rings. The number of aryl methyl sites for hydroxylation is 1. The molecule has 0 spiro atoms. The van der Waals surface area contributed by atoms with Crippen LogP contribution in [0.2, 0.25) is 0 Å². The number of hydrogen-bond acceptors (Lipinski definition) is 4. The highest BCUT2D eigenvalue weighted by Crippen LogP contribution is 2.43. The van der Waals surface area contributed by atoms with E-state index in [1.807, 2.05) is 19.9 Å². The fourth-order valence-corrected chi connectivity index (χ4v) is 4.84. The number of fused-ring (bicyclic) bond motifs is 1. The Hall–Kier alpha value is -2.76. The van der Waals surface area contributed by atoms with Crippen LogP contribution in [0.25, 0.3) is 0 Å². The summed E-state index contributed by atoms with van der Waals surface area (Å²) < 4.78 is 11.4. The topological polar surface area (TPSA) is 80.4 Å². The van der Waals surface area contributed by atoms with Gasteiger partial charge >= 0.3 is 0 Å². The van der Waals surface area contributed by atoms with Gasteiger partial charge < -0.3 is 19.8 Å². The van der Waals surface area contributed by atoms with Gasteiger partial charge in [0.2, 0.25) is 0 Å². The molecule has 1 saturated carbocycles. The number of ketones is 1. The summed E-state index contributed by atoms with van der Waals surface area (Å²) in [6.07, 6.45) is 4.32. The molecule has 0 atom stereocenters. The Morgan fingerprint density at radius 3 is 2.45 bits per heavy atom. The Balaban J connectivity index is 1.56. The first-order valence-electron chi connectivity index (χ1n) is 10.3. The predicted molar refractivity (Wildman–Crippen MR) is 110 cm³/mol. The maximum Gasteiger partial charge on any atom is 0.268 e. The molecule has 1 aliphatic carbocycles. The minimum atomic E-state index is -0.165. The fourth-order valence-electron chi connectivity index (χ4n) is 4.84. The van der Waals surface area contributed by atoms with Gasteiger partial charge in [-0.1, -0.05) is 18.9 Å². The van der Waals surface area contributed by atoms with Gasteiger partial charge in [-0.05, 0) is 56.9 Å². The smallest absolute Gasteiger partial charge is 0.268 e. The number of ether oxygens (including phenoxy) is 2. The Morgan fingerprint density at radius 2 is 1.79 bits per heavy atom. The summed E-state index contributed by atoms with van der Waals surface area (Å²) in [5.41, 5.74) is 3.61. The van der Waals surface area contributed by atoms with Crippen molar-refractivity contribution in [3.63, 3.8) is 0 Å². The number of amides is 1. The second-order valence-corrected chi connectivity index (χ2v) is 8.21. The number of H-pyrrole nitrogens is 1. The average molecular weight is 396 g/mol. The van der Waals surface area contributed by atoms with Crippen molar-refractivity contribution >= 4 is 11.7 Å². The zero-order chi connectivity index (χ0) is 20.6. The summed E-state index contributed by atoms with van der Waals surface area (Å²) in [6.45, 7) is 6.86. The predicted octanol–water partition coefficient (Wildman–Crippen LogP) is 3.85. The minimum absolute atomic E-state index is 0.0289. The maximum atomic E-state index is 12.9. The lowest BCUT2D eigenvalue weighted by Gasteiger charge is -2.31. The van der Waals surface area contributed by atoms with Crippen LogP contribution in [-0.4, -0.2) is 36.4 Å². The minimum Gasteiger partial charge on any atom is -0.486 e. The second kappa shape index (κ2) is 7.58. The number of aromatic nitrogens is 1. The molecular formula is C23H28N2O4. The molecule has 0 unspecified atom stereocenters. The second-order valence-electron chi connectivity index (χ2n) is 8.21. The van der Waals surface area contributed by atoms with E-state index in [1.54, 1.807) is 0 Å². The molecule has 2 aliphatic rings. The first kappa shape index (κ1) is 19.6. The normalized spacial score (nSPS) is 17.2. The molecule has 1 aliphatic heterocycles. The lowest BCUT2D eigenvalue weighted by Crippen LogP contribution is -2.39. The van der Waals surface area contributed by atoms with Crippen LogP contribution in [0.1, 0.15) is 70.3 Å². The summed E-state index contributed by atoms with van der Waals surface area (Å²) in [7, 11) is 0. The maximum absolute atomic E-state index is 12.9. The molecule has 29 heavy (non-hydrogen) atoms. The first-order valence-corrected chi connectivity index (χ1v) is 10.3. The van der Waals surface area contributed by atoms with E-state index in [0.717, 1.165) is 42.9 Å². The lowest BCUT2D eigenvalue weighted by atomic mass is 9.78. The van der Waals surface area contributed by atoms with E-state index >= 15 is 0 Å². The van der Waals surface area contributed by atoms with Crippen molar-refractivity contribution in [3.05, 3.63) is 46.3 Å². The van der Waals surface area contributed by atoms with Crippen molar-refractivity contribution in [2.75, 3.05) is 19.8 Å². The fraction of sp³-hybridized carbons (Fsp3) is 0.478. The molecular weight excluding hydrogens is 368 g/mol. The third-order valence-electron chi connectivity index (χ3n) is 6.32. The SMILES string of the molecule is CC(=O)c1c(C)[nH]c(C(=O)NCC2(c3ccc4c(c3)OCCO4)CCCC2)c1C. The summed E-state index contributed by atoms with van der Waals surface area (Å²) in [4.78, 5) is 27.9. The van der Waals surface area contributed by atoms with Crippen molar-refractivity contribution in [1.82, 2.24) is 10.3 Å². The highest BCUT2D eigenvalue weighted by atomic mass is 16.6. The number of Topliss-reactive ketones (excluding diaryl/α,β-unsaturated/α-hetero) is 1. The standard InChI is InChI=1S/C23H28N2O4/c1-14-20(16(3)26)15(2)25-21(14)22(27)24-13-23(8-4-5-9-23)17-6-7-18-19(12-17)29-11-10-28-18/h6-7,12,25H,4-5,8-11,13H2,1-3H3,(H,24,27). The molecule has 0 saturated heterocycles. The van der Waals surface area contributed by atoms with Crippen LogP contribution >= 0.6 is 0 Å². The van der Waals surface area contributed by atoms with Gasteiger partial charge in [0, 0.05) is 23.2 Å². The van der Waals surface area contributed by atoms with Gasteiger partial charge in [0.15, 0.2) is 17.3 Å². The summed E-state index contributed by atoms with van der Waals surface area (Å²) in [5.74, 6) is 1.38. The van der Waals surface area contributed by atoms with Crippen molar-refractivity contribution in [2.24, 2.45) is 0 Å². The first-order chi connectivity index (χ1) is 13.9. The van der Waals surface area contributed by atoms with Gasteiger partial charge in [-0.15, -0.1) is 0 Å². The van der Waals surface area contributed by atoms with E-state index in [4.69, 9.17) is 9.47 Å². The highest BCUT2D eigenvalue weighted by molar-refractivity contribution is 6.02. The molecule has 1 aromatic heterocycles. The Bertz CT molecular complexity index is 954. The van der Waals surface area contributed by atoms with Crippen LogP contribution in [0.5, 0.6) is 11.5 Å². The highest BCUT2D eigenvalue weighted by Gasteiger charge is 2.37. The molecule has 4 rings (SSSR count). The monoisotopic (exact) mass is 396 g/mol. The third kappa shape index (κ3) is 3.52. The largest absolute Gasteiger partial charge is 0.486 e. The molecule has 2 aromatic rings. The quantitative estimate of drug-likeness (QED) is 0.753. The number of nitrogens with one attached hydrogen (secondary N) is 2. The molecule has 2 heterocycles. The molecule has 0 bridgehead atoms. The number of carbonyl (C=O) groups excluding carboxylic acids is 2. The lowest BCUT2D eigenvalue weighted by molar-refractivity contribution is 0.0937. The summed E-state index contributed by atoms with van der Waals surface area (Å²) >= 11 is 0. The molecule has 1 amide bonds. The molecule has 6 heteroatoms. The van der Waals surface area contributed by atoms with Crippen molar-refractivity contribution in [2.45, 2.75) is 51.9 Å². The van der Waals surface area contributed by atoms with Crippen LogP contribution in [0.4, 0.5) is 0 Å². The van der Waals surface area contributed by atoms with Gasteiger partial charge in [-0.2, -0.15) is 0 Å². The Kier molecular flexibility index (Phi) is 5.11. The van der Waals surface area contributed by atoms with Crippen LogP contribution in [0.3, 0.4) is 0 Å². The number of aromatic amines is 1. The number of carbonyl (C=O) groups is 2. The van der Waals surface area contributed by atoms with E-state index in [2.05, 4.69) is 22.4 Å². The molecule has 0 radical (unpaired) electrons. The van der Waals surface area contributed by atoms with Gasteiger partial charge in [0.1, 0.15) is 18.9 Å². The van der Waals surface area contributed by atoms with E-state index in [1.165, 1.54) is 12.5 Å². The Labute approximate surface area is 171 Å². The summed E-state index contributed by atoms with van der Waals surface area (Å²) in [5, 5.41) is 3.13. The van der Waals surface area contributed by atoms with Crippen LogP contribution in [0.15, 0.2) is 18.2 Å². The van der Waals surface area contributed by atoms with Gasteiger partial charge in [-0.25, -0.2) is 0 Å². The Morgan fingerprint density at radius 1 is 1.10 bits per heavy atom. The van der Waals surface area contributed by atoms with Crippen LogP contribution < -0.4 is 14.8 Å². The van der Waals surface area contributed by atoms with E-state index in [-0.39, 0.29) is 17.1 Å². The van der Waals surface area contributed by atoms with E-state index in [9.17, 15) is 9.59 Å². The van der Waals surface area contributed by atoms with E-state index in [0.29, 0.717) is 36.6 Å².